The third-order valence-corrected chi connectivity index (χ3v) is 2.88. The molecule has 0 aliphatic carbocycles. The average molecular weight is 310 g/mol. The van der Waals surface area contributed by atoms with Crippen LogP contribution in [-0.4, -0.2) is 4.83 Å². The van der Waals surface area contributed by atoms with Gasteiger partial charge in [0.25, 0.3) is 0 Å². The molecule has 1 aromatic rings. The van der Waals surface area contributed by atoms with Crippen LogP contribution in [0.3, 0.4) is 0 Å². The SMILES string of the molecule is CC(Br)CCc1ccc(F)c(Br)c1. The number of aryl methyl sites for hydroxylation is 1. The summed E-state index contributed by atoms with van der Waals surface area (Å²) in [6.07, 6.45) is 2.05. The van der Waals surface area contributed by atoms with E-state index in [-0.39, 0.29) is 5.82 Å². The Hall–Kier alpha value is 0.110. The van der Waals surface area contributed by atoms with Crippen molar-refractivity contribution in [3.63, 3.8) is 0 Å². The Morgan fingerprint density at radius 3 is 2.69 bits per heavy atom. The lowest BCUT2D eigenvalue weighted by molar-refractivity contribution is 0.620. The molecule has 0 aromatic heterocycles. The lowest BCUT2D eigenvalue weighted by atomic mass is 10.1. The first-order chi connectivity index (χ1) is 6.09. The zero-order valence-corrected chi connectivity index (χ0v) is 10.5. The molecular weight excluding hydrogens is 299 g/mol. The minimum absolute atomic E-state index is 0.198. The van der Waals surface area contributed by atoms with Crippen LogP contribution in [0.5, 0.6) is 0 Å². The third-order valence-electron chi connectivity index (χ3n) is 1.81. The van der Waals surface area contributed by atoms with Gasteiger partial charge in [-0.1, -0.05) is 28.9 Å². The second-order valence-electron chi connectivity index (χ2n) is 3.07. The van der Waals surface area contributed by atoms with Gasteiger partial charge in [0.15, 0.2) is 0 Å². The maximum Gasteiger partial charge on any atom is 0.137 e. The quantitative estimate of drug-likeness (QED) is 0.730. The second kappa shape index (κ2) is 5.11. The molecular formula is C10H11Br2F. The number of halogens is 3. The summed E-state index contributed by atoms with van der Waals surface area (Å²) in [5.74, 6) is -0.198. The summed E-state index contributed by atoms with van der Waals surface area (Å²) in [7, 11) is 0. The summed E-state index contributed by atoms with van der Waals surface area (Å²) in [5, 5.41) is 0. The Labute approximate surface area is 94.8 Å². The van der Waals surface area contributed by atoms with Gasteiger partial charge in [-0.15, -0.1) is 0 Å². The van der Waals surface area contributed by atoms with Crippen molar-refractivity contribution in [2.24, 2.45) is 0 Å². The molecule has 0 aliphatic heterocycles. The van der Waals surface area contributed by atoms with Gasteiger partial charge in [0.05, 0.1) is 4.47 Å². The lowest BCUT2D eigenvalue weighted by Crippen LogP contribution is -1.94. The third kappa shape index (κ3) is 3.77. The molecule has 0 radical (unpaired) electrons. The predicted molar refractivity (Wildman–Crippen MR) is 60.8 cm³/mol. The van der Waals surface area contributed by atoms with E-state index < -0.39 is 0 Å². The first kappa shape index (κ1) is 11.2. The number of rotatable bonds is 3. The Bertz CT molecular complexity index is 284. The maximum absolute atomic E-state index is 12.8. The maximum atomic E-state index is 12.8. The van der Waals surface area contributed by atoms with E-state index in [9.17, 15) is 4.39 Å². The molecule has 0 N–H and O–H groups in total. The molecule has 0 aliphatic rings. The van der Waals surface area contributed by atoms with Gasteiger partial charge >= 0.3 is 0 Å². The van der Waals surface area contributed by atoms with Gasteiger partial charge in [-0.05, 0) is 46.5 Å². The van der Waals surface area contributed by atoms with Crippen LogP contribution in [0.1, 0.15) is 18.9 Å². The predicted octanol–water partition coefficient (Wildman–Crippen LogP) is 4.30. The van der Waals surface area contributed by atoms with Crippen LogP contribution in [-0.2, 0) is 6.42 Å². The minimum Gasteiger partial charge on any atom is -0.206 e. The van der Waals surface area contributed by atoms with Crippen molar-refractivity contribution in [3.05, 3.63) is 34.1 Å². The van der Waals surface area contributed by atoms with Crippen LogP contribution in [0.15, 0.2) is 22.7 Å². The van der Waals surface area contributed by atoms with Crippen LogP contribution in [0, 0.1) is 5.82 Å². The topological polar surface area (TPSA) is 0 Å². The highest BCUT2D eigenvalue weighted by atomic mass is 79.9. The Kier molecular flexibility index (Phi) is 4.39. The standard InChI is InChI=1S/C10H11Br2F/c1-7(11)2-3-8-4-5-10(13)9(12)6-8/h4-7H,2-3H2,1H3. The molecule has 1 rings (SSSR count). The highest BCUT2D eigenvalue weighted by Crippen LogP contribution is 2.18. The summed E-state index contributed by atoms with van der Waals surface area (Å²) < 4.78 is 13.4. The molecule has 1 atom stereocenters. The van der Waals surface area contributed by atoms with Crippen molar-refractivity contribution in [1.29, 1.82) is 0 Å². The van der Waals surface area contributed by atoms with Crippen molar-refractivity contribution in [3.8, 4) is 0 Å². The Morgan fingerprint density at radius 2 is 2.15 bits per heavy atom. The van der Waals surface area contributed by atoms with Crippen LogP contribution >= 0.6 is 31.9 Å². The largest absolute Gasteiger partial charge is 0.206 e. The first-order valence-corrected chi connectivity index (χ1v) is 5.88. The molecule has 3 heteroatoms. The molecule has 0 bridgehead atoms. The molecule has 0 spiro atoms. The van der Waals surface area contributed by atoms with Crippen molar-refractivity contribution < 1.29 is 4.39 Å². The zero-order valence-electron chi connectivity index (χ0n) is 7.36. The monoisotopic (exact) mass is 308 g/mol. The number of hydrogen-bond donors (Lipinski definition) is 0. The first-order valence-electron chi connectivity index (χ1n) is 4.17. The van der Waals surface area contributed by atoms with Gasteiger partial charge in [0, 0.05) is 4.83 Å². The summed E-state index contributed by atoms with van der Waals surface area (Å²) in [6, 6.07) is 5.17. The molecule has 1 unspecified atom stereocenters. The van der Waals surface area contributed by atoms with Crippen LogP contribution in [0.25, 0.3) is 0 Å². The van der Waals surface area contributed by atoms with Gasteiger partial charge in [-0.2, -0.15) is 0 Å². The molecule has 1 aromatic carbocycles. The molecule has 0 amide bonds. The molecule has 0 heterocycles. The normalized spacial score (nSPS) is 12.9. The Balaban J connectivity index is 2.63. The van der Waals surface area contributed by atoms with E-state index in [1.807, 2.05) is 12.1 Å². The van der Waals surface area contributed by atoms with Crippen molar-refractivity contribution in [2.75, 3.05) is 0 Å². The summed E-state index contributed by atoms with van der Waals surface area (Å²) in [5.41, 5.74) is 1.17. The number of hydrogen-bond acceptors (Lipinski definition) is 0. The van der Waals surface area contributed by atoms with E-state index in [0.717, 1.165) is 12.8 Å². The second-order valence-corrected chi connectivity index (χ2v) is 5.49. The van der Waals surface area contributed by atoms with Crippen LogP contribution < -0.4 is 0 Å². The fourth-order valence-electron chi connectivity index (χ4n) is 1.06. The number of alkyl halides is 1. The molecule has 0 fully saturated rings. The summed E-state index contributed by atoms with van der Waals surface area (Å²) in [4.78, 5) is 0.510. The van der Waals surface area contributed by atoms with Crippen molar-refractivity contribution in [1.82, 2.24) is 0 Å². The zero-order chi connectivity index (χ0) is 9.84. The van der Waals surface area contributed by atoms with Crippen molar-refractivity contribution in [2.45, 2.75) is 24.6 Å². The van der Waals surface area contributed by atoms with E-state index in [4.69, 9.17) is 0 Å². The van der Waals surface area contributed by atoms with E-state index >= 15 is 0 Å². The fourth-order valence-corrected chi connectivity index (χ4v) is 1.72. The average Bonchev–Trinajstić information content (AvgIpc) is 2.07. The molecule has 13 heavy (non-hydrogen) atoms. The van der Waals surface area contributed by atoms with Gasteiger partial charge in [0.1, 0.15) is 5.82 Å². The van der Waals surface area contributed by atoms with Crippen LogP contribution in [0.2, 0.25) is 0 Å². The molecule has 0 saturated carbocycles. The van der Waals surface area contributed by atoms with Gasteiger partial charge < -0.3 is 0 Å². The fraction of sp³-hybridized carbons (Fsp3) is 0.400. The van der Waals surface area contributed by atoms with Gasteiger partial charge in [-0.3, -0.25) is 0 Å². The summed E-state index contributed by atoms with van der Waals surface area (Å²) >= 11 is 6.65. The number of benzene rings is 1. The van der Waals surface area contributed by atoms with Crippen LogP contribution in [0.4, 0.5) is 4.39 Å². The molecule has 72 valence electrons. The van der Waals surface area contributed by atoms with Crippen molar-refractivity contribution >= 4 is 31.9 Å². The van der Waals surface area contributed by atoms with Gasteiger partial charge in [0.2, 0.25) is 0 Å². The highest BCUT2D eigenvalue weighted by molar-refractivity contribution is 9.10. The van der Waals surface area contributed by atoms with E-state index in [1.165, 1.54) is 11.6 Å². The Morgan fingerprint density at radius 1 is 1.46 bits per heavy atom. The lowest BCUT2D eigenvalue weighted by Gasteiger charge is -2.04. The van der Waals surface area contributed by atoms with E-state index in [2.05, 4.69) is 38.8 Å². The smallest absolute Gasteiger partial charge is 0.137 e. The van der Waals surface area contributed by atoms with Gasteiger partial charge in [-0.25, -0.2) is 4.39 Å². The highest BCUT2D eigenvalue weighted by Gasteiger charge is 2.01. The molecule has 0 saturated heterocycles. The molecule has 0 nitrogen and oxygen atoms in total. The van der Waals surface area contributed by atoms with E-state index in [1.54, 1.807) is 0 Å². The minimum atomic E-state index is -0.198. The van der Waals surface area contributed by atoms with E-state index in [0.29, 0.717) is 9.30 Å². The summed E-state index contributed by atoms with van der Waals surface area (Å²) in [6.45, 7) is 2.11.